The molecule has 2 rings (SSSR count). The highest BCUT2D eigenvalue weighted by Crippen LogP contribution is 2.16. The highest BCUT2D eigenvalue weighted by molar-refractivity contribution is 7.80. The van der Waals surface area contributed by atoms with Crippen LogP contribution in [0.4, 0.5) is 5.82 Å². The monoisotopic (exact) mass is 264 g/mol. The van der Waals surface area contributed by atoms with Crippen molar-refractivity contribution in [1.82, 2.24) is 10.3 Å². The zero-order chi connectivity index (χ0) is 13.3. The van der Waals surface area contributed by atoms with Crippen molar-refractivity contribution in [2.24, 2.45) is 5.73 Å². The topological polar surface area (TPSA) is 88.3 Å². The van der Waals surface area contributed by atoms with Crippen LogP contribution in [0.3, 0.4) is 0 Å². The van der Waals surface area contributed by atoms with E-state index in [0.717, 1.165) is 0 Å². The highest BCUT2D eigenvalue weighted by atomic mass is 32.1. The maximum atomic E-state index is 11.6. The van der Waals surface area contributed by atoms with Crippen LogP contribution >= 0.6 is 12.2 Å². The lowest BCUT2D eigenvalue weighted by Gasteiger charge is -2.32. The van der Waals surface area contributed by atoms with Crippen LogP contribution in [-0.2, 0) is 9.59 Å². The first-order valence-corrected chi connectivity index (χ1v) is 5.77. The molecule has 1 aliphatic rings. The second-order valence-corrected chi connectivity index (χ2v) is 4.40. The first kappa shape index (κ1) is 12.4. The molecule has 2 amide bonds. The summed E-state index contributed by atoms with van der Waals surface area (Å²) < 4.78 is 0. The minimum Gasteiger partial charge on any atom is -0.388 e. The van der Waals surface area contributed by atoms with Gasteiger partial charge in [-0.15, -0.1) is 0 Å². The van der Waals surface area contributed by atoms with Gasteiger partial charge in [0.25, 0.3) is 0 Å². The summed E-state index contributed by atoms with van der Waals surface area (Å²) in [5, 5.41) is 2.27. The van der Waals surface area contributed by atoms with Crippen LogP contribution in [0, 0.1) is 0 Å². The van der Waals surface area contributed by atoms with Gasteiger partial charge in [-0.1, -0.05) is 18.3 Å². The molecule has 1 unspecified atom stereocenters. The van der Waals surface area contributed by atoms with Crippen LogP contribution < -0.4 is 16.0 Å². The largest absolute Gasteiger partial charge is 0.388 e. The van der Waals surface area contributed by atoms with Crippen molar-refractivity contribution < 1.29 is 9.59 Å². The van der Waals surface area contributed by atoms with Crippen molar-refractivity contribution in [2.45, 2.75) is 13.0 Å². The summed E-state index contributed by atoms with van der Waals surface area (Å²) in [6.45, 7) is 1.79. The molecule has 0 radical (unpaired) electrons. The van der Waals surface area contributed by atoms with Crippen molar-refractivity contribution in [3.8, 4) is 0 Å². The smallest absolute Gasteiger partial charge is 0.249 e. The lowest BCUT2D eigenvalue weighted by atomic mass is 10.2. The highest BCUT2D eigenvalue weighted by Gasteiger charge is 2.31. The van der Waals surface area contributed by atoms with E-state index in [9.17, 15) is 9.59 Å². The van der Waals surface area contributed by atoms with Crippen LogP contribution in [0.25, 0.3) is 0 Å². The number of aromatic nitrogens is 1. The molecule has 1 atom stereocenters. The number of rotatable bonds is 2. The Morgan fingerprint density at radius 1 is 1.56 bits per heavy atom. The average molecular weight is 264 g/mol. The summed E-state index contributed by atoms with van der Waals surface area (Å²) in [5.74, 6) is -0.176. The van der Waals surface area contributed by atoms with Crippen molar-refractivity contribution in [2.75, 3.05) is 11.4 Å². The van der Waals surface area contributed by atoms with E-state index in [-0.39, 0.29) is 23.3 Å². The molecule has 1 saturated heterocycles. The van der Waals surface area contributed by atoms with Gasteiger partial charge in [-0.05, 0) is 19.1 Å². The summed E-state index contributed by atoms with van der Waals surface area (Å²) in [4.78, 5) is 29.0. The van der Waals surface area contributed by atoms with E-state index in [4.69, 9.17) is 18.0 Å². The Morgan fingerprint density at radius 3 is 2.94 bits per heavy atom. The van der Waals surface area contributed by atoms with Gasteiger partial charge in [0.15, 0.2) is 0 Å². The molecule has 0 aliphatic carbocycles. The van der Waals surface area contributed by atoms with E-state index in [2.05, 4.69) is 10.3 Å². The number of thiocarbonyl (C=S) groups is 1. The molecule has 1 aliphatic heterocycles. The number of carbonyl (C=O) groups is 2. The third kappa shape index (κ3) is 2.30. The fraction of sp³-hybridized carbons (Fsp3) is 0.273. The van der Waals surface area contributed by atoms with Crippen LogP contribution in [0.1, 0.15) is 12.6 Å². The van der Waals surface area contributed by atoms with E-state index < -0.39 is 6.04 Å². The van der Waals surface area contributed by atoms with Gasteiger partial charge in [0.1, 0.15) is 16.8 Å². The number of carbonyl (C=O) groups excluding carboxylic acids is 2. The normalized spacial score (nSPS) is 19.6. The van der Waals surface area contributed by atoms with Crippen LogP contribution in [0.15, 0.2) is 18.2 Å². The molecule has 1 fully saturated rings. The number of piperazine rings is 1. The molecule has 0 bridgehead atoms. The third-order valence-corrected chi connectivity index (χ3v) is 2.91. The third-order valence-electron chi connectivity index (χ3n) is 2.70. The van der Waals surface area contributed by atoms with Crippen LogP contribution in [0.5, 0.6) is 0 Å². The van der Waals surface area contributed by atoms with Gasteiger partial charge >= 0.3 is 0 Å². The standard InChI is InChI=1S/C11H12N4O2S/c1-6-11(17)14-9(16)5-15(6)8-4-2-3-7(13-8)10(12)18/h2-4,6H,5H2,1H3,(H2,12,18)(H,14,16,17). The number of nitrogens with two attached hydrogens (primary N) is 1. The van der Waals surface area contributed by atoms with Gasteiger partial charge in [-0.25, -0.2) is 4.98 Å². The van der Waals surface area contributed by atoms with Crippen molar-refractivity contribution >= 4 is 34.8 Å². The molecule has 0 aromatic carbocycles. The lowest BCUT2D eigenvalue weighted by molar-refractivity contribution is -0.132. The summed E-state index contributed by atoms with van der Waals surface area (Å²) >= 11 is 4.85. The van der Waals surface area contributed by atoms with E-state index in [1.165, 1.54) is 0 Å². The minimum atomic E-state index is -0.461. The SMILES string of the molecule is CC1C(=O)NC(=O)CN1c1cccc(C(N)=S)n1. The number of nitrogens with one attached hydrogen (secondary N) is 1. The summed E-state index contributed by atoms with van der Waals surface area (Å²) in [6, 6.07) is 4.67. The second-order valence-electron chi connectivity index (χ2n) is 3.96. The molecule has 94 valence electrons. The number of nitrogens with zero attached hydrogens (tertiary/aromatic N) is 2. The molecule has 18 heavy (non-hydrogen) atoms. The Balaban J connectivity index is 2.35. The van der Waals surface area contributed by atoms with Gasteiger partial charge in [0, 0.05) is 0 Å². The number of amides is 2. The average Bonchev–Trinajstić information content (AvgIpc) is 2.34. The number of hydrogen-bond acceptors (Lipinski definition) is 5. The van der Waals surface area contributed by atoms with Crippen molar-refractivity contribution in [1.29, 1.82) is 0 Å². The number of hydrogen-bond donors (Lipinski definition) is 2. The summed E-state index contributed by atoms with van der Waals surface area (Å²) in [7, 11) is 0. The quantitative estimate of drug-likeness (QED) is 0.556. The molecule has 0 saturated carbocycles. The molecule has 6 nitrogen and oxygen atoms in total. The van der Waals surface area contributed by atoms with E-state index in [1.807, 2.05) is 0 Å². The first-order chi connectivity index (χ1) is 8.49. The first-order valence-electron chi connectivity index (χ1n) is 5.36. The molecular formula is C11H12N4O2S. The zero-order valence-electron chi connectivity index (χ0n) is 9.71. The molecular weight excluding hydrogens is 252 g/mol. The van der Waals surface area contributed by atoms with Gasteiger partial charge in [-0.2, -0.15) is 0 Å². The molecule has 7 heteroatoms. The van der Waals surface area contributed by atoms with Crippen LogP contribution in [0.2, 0.25) is 0 Å². The lowest BCUT2D eigenvalue weighted by Crippen LogP contribution is -2.57. The maximum absolute atomic E-state index is 11.6. The zero-order valence-corrected chi connectivity index (χ0v) is 10.5. The molecule has 3 N–H and O–H groups in total. The fourth-order valence-corrected chi connectivity index (χ4v) is 1.83. The number of imide groups is 1. The Morgan fingerprint density at radius 2 is 2.28 bits per heavy atom. The Bertz CT molecular complexity index is 532. The van der Waals surface area contributed by atoms with Gasteiger partial charge in [-0.3, -0.25) is 14.9 Å². The van der Waals surface area contributed by atoms with Crippen LogP contribution in [-0.4, -0.2) is 34.4 Å². The van der Waals surface area contributed by atoms with Gasteiger partial charge in [0.05, 0.1) is 12.2 Å². The predicted molar refractivity (Wildman–Crippen MR) is 70.1 cm³/mol. The summed E-state index contributed by atoms with van der Waals surface area (Å²) in [6.07, 6.45) is 0. The van der Waals surface area contributed by atoms with Gasteiger partial charge in [0.2, 0.25) is 11.8 Å². The minimum absolute atomic E-state index is 0.0840. The second kappa shape index (κ2) is 4.69. The summed E-state index contributed by atoms with van der Waals surface area (Å²) in [5.41, 5.74) is 5.97. The Labute approximate surface area is 109 Å². The van der Waals surface area contributed by atoms with E-state index >= 15 is 0 Å². The molecule has 0 spiro atoms. The van der Waals surface area contributed by atoms with Crippen molar-refractivity contribution in [3.63, 3.8) is 0 Å². The number of anilines is 1. The fourth-order valence-electron chi connectivity index (χ4n) is 1.71. The maximum Gasteiger partial charge on any atom is 0.249 e. The van der Waals surface area contributed by atoms with E-state index in [0.29, 0.717) is 11.5 Å². The molecule has 2 heterocycles. The molecule has 1 aromatic rings. The van der Waals surface area contributed by atoms with E-state index in [1.54, 1.807) is 30.0 Å². The van der Waals surface area contributed by atoms with Crippen molar-refractivity contribution in [3.05, 3.63) is 23.9 Å². The number of pyridine rings is 1. The Hall–Kier alpha value is -2.02. The Kier molecular flexibility index (Phi) is 3.24. The van der Waals surface area contributed by atoms with Gasteiger partial charge < -0.3 is 10.6 Å². The molecule has 1 aromatic heterocycles. The predicted octanol–water partition coefficient (Wildman–Crippen LogP) is -0.433.